The predicted molar refractivity (Wildman–Crippen MR) is 76.7 cm³/mol. The van der Waals surface area contributed by atoms with Crippen molar-refractivity contribution in [2.24, 2.45) is 5.92 Å². The molecule has 0 bridgehead atoms. The molecule has 0 aromatic carbocycles. The summed E-state index contributed by atoms with van der Waals surface area (Å²) in [5.74, 6) is -0.203. The molecule has 0 saturated carbocycles. The Balaban J connectivity index is 1.93. The zero-order chi connectivity index (χ0) is 13.8. The number of rotatable bonds is 6. The molecule has 0 aliphatic rings. The number of aromatic nitrogens is 2. The summed E-state index contributed by atoms with van der Waals surface area (Å²) in [6.45, 7) is 4.50. The van der Waals surface area contributed by atoms with Gasteiger partial charge in [-0.3, -0.25) is 4.79 Å². The molecular weight excluding hydrogens is 262 g/mol. The minimum absolute atomic E-state index is 0.296. The lowest BCUT2D eigenvalue weighted by atomic mass is 10.1. The Labute approximate surface area is 115 Å². The van der Waals surface area contributed by atoms with Gasteiger partial charge >= 0.3 is 5.97 Å². The van der Waals surface area contributed by atoms with Crippen molar-refractivity contribution >= 4 is 33.3 Å². The Morgan fingerprint density at radius 1 is 1.53 bits per heavy atom. The van der Waals surface area contributed by atoms with Gasteiger partial charge in [-0.25, -0.2) is 9.97 Å². The predicted octanol–water partition coefficient (Wildman–Crippen LogP) is 2.91. The van der Waals surface area contributed by atoms with Crippen molar-refractivity contribution in [2.75, 3.05) is 11.9 Å². The van der Waals surface area contributed by atoms with E-state index >= 15 is 0 Å². The highest BCUT2D eigenvalue weighted by Gasteiger charge is 2.10. The van der Waals surface area contributed by atoms with E-state index in [4.69, 9.17) is 5.11 Å². The molecule has 0 aliphatic heterocycles. The van der Waals surface area contributed by atoms with Crippen molar-refractivity contribution in [1.29, 1.82) is 0 Å². The Morgan fingerprint density at radius 3 is 3.05 bits per heavy atom. The number of hydrogen-bond donors (Lipinski definition) is 2. The molecular formula is C13H17N3O2S. The highest BCUT2D eigenvalue weighted by molar-refractivity contribution is 7.18. The molecule has 2 N–H and O–H groups in total. The Bertz CT molecular complexity index is 582. The van der Waals surface area contributed by atoms with Crippen molar-refractivity contribution in [3.8, 4) is 0 Å². The standard InChI is InChI=1S/C13H17N3O2S/c1-8(13(17)18)4-3-5-14-11-10-6-9(2)19-12(10)16-7-15-11/h6-8H,3-5H2,1-2H3,(H,17,18)(H,14,15,16). The first-order chi connectivity index (χ1) is 9.08. The van der Waals surface area contributed by atoms with Gasteiger partial charge in [-0.15, -0.1) is 11.3 Å². The summed E-state index contributed by atoms with van der Waals surface area (Å²) in [4.78, 5) is 21.4. The maximum atomic E-state index is 10.7. The van der Waals surface area contributed by atoms with E-state index in [2.05, 4.69) is 21.4 Å². The smallest absolute Gasteiger partial charge is 0.306 e. The Morgan fingerprint density at radius 2 is 2.32 bits per heavy atom. The quantitative estimate of drug-likeness (QED) is 0.795. The van der Waals surface area contributed by atoms with Crippen LogP contribution >= 0.6 is 11.3 Å². The van der Waals surface area contributed by atoms with Crippen LogP contribution in [0.3, 0.4) is 0 Å². The number of thiophene rings is 1. The van der Waals surface area contributed by atoms with Gasteiger partial charge in [-0.05, 0) is 25.8 Å². The summed E-state index contributed by atoms with van der Waals surface area (Å²) in [5.41, 5.74) is 0. The molecule has 1 unspecified atom stereocenters. The van der Waals surface area contributed by atoms with Gasteiger partial charge in [-0.1, -0.05) is 6.92 Å². The maximum absolute atomic E-state index is 10.7. The number of hydrogen-bond acceptors (Lipinski definition) is 5. The van der Waals surface area contributed by atoms with E-state index in [0.717, 1.165) is 29.0 Å². The van der Waals surface area contributed by atoms with Gasteiger partial charge in [0.1, 0.15) is 17.0 Å². The van der Waals surface area contributed by atoms with E-state index in [1.165, 1.54) is 4.88 Å². The van der Waals surface area contributed by atoms with Crippen LogP contribution in [-0.4, -0.2) is 27.6 Å². The maximum Gasteiger partial charge on any atom is 0.306 e. The summed E-state index contributed by atoms with van der Waals surface area (Å²) in [6.07, 6.45) is 3.03. The summed E-state index contributed by atoms with van der Waals surface area (Å²) >= 11 is 1.65. The van der Waals surface area contributed by atoms with Crippen LogP contribution in [0.25, 0.3) is 10.2 Å². The van der Waals surface area contributed by atoms with Gasteiger partial charge < -0.3 is 10.4 Å². The lowest BCUT2D eigenvalue weighted by Crippen LogP contribution is -2.12. The molecule has 2 rings (SSSR count). The molecule has 19 heavy (non-hydrogen) atoms. The van der Waals surface area contributed by atoms with Crippen molar-refractivity contribution in [3.63, 3.8) is 0 Å². The molecule has 6 heteroatoms. The highest BCUT2D eigenvalue weighted by atomic mass is 32.1. The Hall–Kier alpha value is -1.69. The number of fused-ring (bicyclic) bond motifs is 1. The summed E-state index contributed by atoms with van der Waals surface area (Å²) in [7, 11) is 0. The number of carboxylic acid groups (broad SMARTS) is 1. The third kappa shape index (κ3) is 3.41. The zero-order valence-electron chi connectivity index (χ0n) is 11.0. The molecule has 2 aromatic heterocycles. The number of aryl methyl sites for hydroxylation is 1. The van der Waals surface area contributed by atoms with Crippen molar-refractivity contribution in [3.05, 3.63) is 17.3 Å². The summed E-state index contributed by atoms with van der Waals surface area (Å²) in [5, 5.41) is 13.1. The van der Waals surface area contributed by atoms with Crippen molar-refractivity contribution < 1.29 is 9.90 Å². The summed E-state index contributed by atoms with van der Waals surface area (Å²) < 4.78 is 0. The SMILES string of the molecule is Cc1cc2c(NCCCC(C)C(=O)O)ncnc2s1. The fraction of sp³-hybridized carbons (Fsp3) is 0.462. The van der Waals surface area contributed by atoms with E-state index < -0.39 is 5.97 Å². The lowest BCUT2D eigenvalue weighted by molar-refractivity contribution is -0.141. The molecule has 5 nitrogen and oxygen atoms in total. The minimum atomic E-state index is -0.738. The fourth-order valence-electron chi connectivity index (χ4n) is 1.86. The van der Waals surface area contributed by atoms with Crippen LogP contribution in [0.5, 0.6) is 0 Å². The topological polar surface area (TPSA) is 75.1 Å². The number of carbonyl (C=O) groups is 1. The first-order valence-electron chi connectivity index (χ1n) is 6.25. The monoisotopic (exact) mass is 279 g/mol. The van der Waals surface area contributed by atoms with Crippen LogP contribution < -0.4 is 5.32 Å². The third-order valence-corrected chi connectivity index (χ3v) is 3.94. The molecule has 1 atom stereocenters. The zero-order valence-corrected chi connectivity index (χ0v) is 11.8. The highest BCUT2D eigenvalue weighted by Crippen LogP contribution is 2.27. The third-order valence-electron chi connectivity index (χ3n) is 2.98. The molecule has 2 heterocycles. The average molecular weight is 279 g/mol. The molecule has 102 valence electrons. The fourth-order valence-corrected chi connectivity index (χ4v) is 2.70. The lowest BCUT2D eigenvalue weighted by Gasteiger charge is -2.08. The van der Waals surface area contributed by atoms with Crippen molar-refractivity contribution in [1.82, 2.24) is 9.97 Å². The van der Waals surface area contributed by atoms with Gasteiger partial charge in [0.25, 0.3) is 0 Å². The molecule has 2 aromatic rings. The number of anilines is 1. The van der Waals surface area contributed by atoms with E-state index in [0.29, 0.717) is 6.42 Å². The van der Waals surface area contributed by atoms with Crippen molar-refractivity contribution in [2.45, 2.75) is 26.7 Å². The number of carboxylic acids is 1. The van der Waals surface area contributed by atoms with Gasteiger partial charge in [0, 0.05) is 11.4 Å². The van der Waals surface area contributed by atoms with E-state index in [9.17, 15) is 4.79 Å². The second kappa shape index (κ2) is 5.97. The number of nitrogens with one attached hydrogen (secondary N) is 1. The second-order valence-electron chi connectivity index (χ2n) is 4.61. The molecule has 0 fully saturated rings. The normalized spacial score (nSPS) is 12.5. The minimum Gasteiger partial charge on any atom is -0.481 e. The average Bonchev–Trinajstić information content (AvgIpc) is 2.75. The molecule has 0 aliphatic carbocycles. The molecule has 0 saturated heterocycles. The first kappa shape index (κ1) is 13.7. The van der Waals surface area contributed by atoms with Crippen LogP contribution in [0.2, 0.25) is 0 Å². The molecule has 0 radical (unpaired) electrons. The van der Waals surface area contributed by atoms with Gasteiger partial charge in [0.15, 0.2) is 0 Å². The van der Waals surface area contributed by atoms with Crippen LogP contribution in [0.4, 0.5) is 5.82 Å². The van der Waals surface area contributed by atoms with E-state index in [1.54, 1.807) is 24.6 Å². The number of nitrogens with zero attached hydrogens (tertiary/aromatic N) is 2. The van der Waals surface area contributed by atoms with E-state index in [-0.39, 0.29) is 5.92 Å². The second-order valence-corrected chi connectivity index (χ2v) is 5.84. The largest absolute Gasteiger partial charge is 0.481 e. The van der Waals surface area contributed by atoms with Gasteiger partial charge in [0.2, 0.25) is 0 Å². The Kier molecular flexibility index (Phi) is 4.31. The molecule has 0 amide bonds. The van der Waals surface area contributed by atoms with Gasteiger partial charge in [0.05, 0.1) is 11.3 Å². The number of aliphatic carboxylic acids is 1. The van der Waals surface area contributed by atoms with Crippen LogP contribution in [0, 0.1) is 12.8 Å². The summed E-state index contributed by atoms with van der Waals surface area (Å²) in [6, 6.07) is 2.07. The van der Waals surface area contributed by atoms with E-state index in [1.807, 2.05) is 6.92 Å². The first-order valence-corrected chi connectivity index (χ1v) is 7.07. The van der Waals surface area contributed by atoms with Crippen LogP contribution in [-0.2, 0) is 4.79 Å². The molecule has 0 spiro atoms. The van der Waals surface area contributed by atoms with Gasteiger partial charge in [-0.2, -0.15) is 0 Å². The van der Waals surface area contributed by atoms with Crippen LogP contribution in [0.15, 0.2) is 12.4 Å². The van der Waals surface area contributed by atoms with Crippen LogP contribution in [0.1, 0.15) is 24.6 Å².